The van der Waals surface area contributed by atoms with Crippen LogP contribution in [-0.2, 0) is 4.74 Å². The van der Waals surface area contributed by atoms with Gasteiger partial charge in [-0.05, 0) is 29.3 Å². The largest absolute Gasteiger partial charge is 0.380 e. The number of rotatable bonds is 7. The minimum absolute atomic E-state index is 0.0481. The van der Waals surface area contributed by atoms with Crippen LogP contribution in [0.15, 0.2) is 42.5 Å². The number of fused-ring (bicyclic) bond motifs is 1. The molecule has 4 heteroatoms. The van der Waals surface area contributed by atoms with Crippen LogP contribution >= 0.6 is 11.6 Å². The number of hydrogen-bond acceptors (Lipinski definition) is 2. The third kappa shape index (κ3) is 4.22. The van der Waals surface area contributed by atoms with Crippen molar-refractivity contribution >= 4 is 28.3 Å². The van der Waals surface area contributed by atoms with Crippen LogP contribution in [0.5, 0.6) is 0 Å². The highest BCUT2D eigenvalue weighted by atomic mass is 35.5. The summed E-state index contributed by atoms with van der Waals surface area (Å²) in [5.74, 6) is 0.455. The third-order valence-corrected chi connectivity index (χ3v) is 3.14. The van der Waals surface area contributed by atoms with Gasteiger partial charge in [-0.3, -0.25) is 4.79 Å². The van der Waals surface area contributed by atoms with Crippen molar-refractivity contribution in [2.45, 2.75) is 6.42 Å². The second-order valence-electron chi connectivity index (χ2n) is 4.47. The van der Waals surface area contributed by atoms with Crippen molar-refractivity contribution in [1.82, 2.24) is 5.32 Å². The van der Waals surface area contributed by atoms with Gasteiger partial charge in [0.1, 0.15) is 0 Å². The molecule has 0 aromatic heterocycles. The predicted octanol–water partition coefficient (Wildman–Crippen LogP) is 3.22. The Labute approximate surface area is 123 Å². The van der Waals surface area contributed by atoms with Crippen LogP contribution in [0.2, 0.25) is 0 Å². The van der Waals surface area contributed by atoms with Gasteiger partial charge >= 0.3 is 0 Å². The van der Waals surface area contributed by atoms with Gasteiger partial charge in [-0.25, -0.2) is 0 Å². The van der Waals surface area contributed by atoms with E-state index in [2.05, 4.69) is 5.32 Å². The summed E-state index contributed by atoms with van der Waals surface area (Å²) in [6.07, 6.45) is 0.788. The average Bonchev–Trinajstić information content (AvgIpc) is 2.50. The lowest BCUT2D eigenvalue weighted by Crippen LogP contribution is -2.25. The molecule has 0 atom stereocenters. The van der Waals surface area contributed by atoms with Crippen LogP contribution in [0.4, 0.5) is 0 Å². The minimum atomic E-state index is -0.0481. The Morgan fingerprint density at radius 3 is 2.70 bits per heavy atom. The number of halogens is 1. The quantitative estimate of drug-likeness (QED) is 0.628. The number of amides is 1. The Morgan fingerprint density at radius 1 is 1.10 bits per heavy atom. The molecule has 1 N–H and O–H groups in total. The molecule has 2 aromatic carbocycles. The summed E-state index contributed by atoms with van der Waals surface area (Å²) in [5, 5.41) is 5.10. The van der Waals surface area contributed by atoms with E-state index in [1.54, 1.807) is 0 Å². The van der Waals surface area contributed by atoms with Gasteiger partial charge in [-0.2, -0.15) is 0 Å². The van der Waals surface area contributed by atoms with E-state index in [1.807, 2.05) is 42.5 Å². The van der Waals surface area contributed by atoms with Crippen LogP contribution in [0.1, 0.15) is 16.8 Å². The van der Waals surface area contributed by atoms with E-state index < -0.39 is 0 Å². The van der Waals surface area contributed by atoms with Crippen LogP contribution in [0.3, 0.4) is 0 Å². The van der Waals surface area contributed by atoms with Gasteiger partial charge in [-0.15, -0.1) is 11.6 Å². The summed E-state index contributed by atoms with van der Waals surface area (Å²) in [6, 6.07) is 13.7. The van der Waals surface area contributed by atoms with Crippen LogP contribution in [-0.4, -0.2) is 31.5 Å². The van der Waals surface area contributed by atoms with Gasteiger partial charge in [0.05, 0.1) is 6.61 Å². The minimum Gasteiger partial charge on any atom is -0.380 e. The Balaban J connectivity index is 1.84. The zero-order valence-electron chi connectivity index (χ0n) is 11.3. The predicted molar refractivity (Wildman–Crippen MR) is 82.4 cm³/mol. The smallest absolute Gasteiger partial charge is 0.251 e. The van der Waals surface area contributed by atoms with Crippen molar-refractivity contribution in [2.75, 3.05) is 25.6 Å². The van der Waals surface area contributed by atoms with Crippen LogP contribution < -0.4 is 5.32 Å². The fourth-order valence-electron chi connectivity index (χ4n) is 1.97. The molecule has 0 aliphatic rings. The topological polar surface area (TPSA) is 38.3 Å². The average molecular weight is 292 g/mol. The van der Waals surface area contributed by atoms with E-state index >= 15 is 0 Å². The van der Waals surface area contributed by atoms with Crippen molar-refractivity contribution in [3.05, 3.63) is 48.0 Å². The van der Waals surface area contributed by atoms with E-state index in [0.717, 1.165) is 17.2 Å². The molecule has 0 heterocycles. The van der Waals surface area contributed by atoms with Crippen molar-refractivity contribution in [3.63, 3.8) is 0 Å². The second-order valence-corrected chi connectivity index (χ2v) is 4.85. The maximum Gasteiger partial charge on any atom is 0.251 e. The molecule has 0 fully saturated rings. The van der Waals surface area contributed by atoms with Crippen molar-refractivity contribution < 1.29 is 9.53 Å². The molecule has 20 heavy (non-hydrogen) atoms. The highest BCUT2D eigenvalue weighted by Gasteiger charge is 2.05. The molecule has 0 bridgehead atoms. The summed E-state index contributed by atoms with van der Waals surface area (Å²) in [5.41, 5.74) is 0.686. The molecule has 3 nitrogen and oxygen atoms in total. The van der Waals surface area contributed by atoms with E-state index in [9.17, 15) is 4.79 Å². The fourth-order valence-corrected chi connectivity index (χ4v) is 2.07. The highest BCUT2D eigenvalue weighted by molar-refractivity contribution is 6.17. The summed E-state index contributed by atoms with van der Waals surface area (Å²) in [7, 11) is 0. The lowest BCUT2D eigenvalue weighted by Gasteiger charge is -2.06. The highest BCUT2D eigenvalue weighted by Crippen LogP contribution is 2.15. The first kappa shape index (κ1) is 14.8. The summed E-state index contributed by atoms with van der Waals surface area (Å²) in [4.78, 5) is 12.0. The maximum absolute atomic E-state index is 12.0. The van der Waals surface area contributed by atoms with Crippen molar-refractivity contribution in [3.8, 4) is 0 Å². The van der Waals surface area contributed by atoms with Gasteiger partial charge < -0.3 is 10.1 Å². The standard InChI is InChI=1S/C16H18ClNO2/c17-8-11-20-10-3-9-18-16(19)15-7-6-13-4-1-2-5-14(13)12-15/h1-2,4-7,12H,3,8-11H2,(H,18,19). The maximum atomic E-state index is 12.0. The van der Waals surface area contributed by atoms with Crippen LogP contribution in [0.25, 0.3) is 10.8 Å². The van der Waals surface area contributed by atoms with Gasteiger partial charge in [-0.1, -0.05) is 30.3 Å². The van der Waals surface area contributed by atoms with E-state index in [1.165, 1.54) is 0 Å². The molecule has 2 rings (SSSR count). The Hall–Kier alpha value is -1.58. The Morgan fingerprint density at radius 2 is 1.90 bits per heavy atom. The van der Waals surface area contributed by atoms with Gasteiger partial charge in [0.2, 0.25) is 0 Å². The molecule has 0 spiro atoms. The lowest BCUT2D eigenvalue weighted by molar-refractivity contribution is 0.0944. The Bertz CT molecular complexity index is 571. The monoisotopic (exact) mass is 291 g/mol. The SMILES string of the molecule is O=C(NCCCOCCCl)c1ccc2ccccc2c1. The first-order chi connectivity index (χ1) is 9.81. The molecule has 1 amide bonds. The lowest BCUT2D eigenvalue weighted by atomic mass is 10.1. The zero-order chi connectivity index (χ0) is 14.2. The molecular formula is C16H18ClNO2. The second kappa shape index (κ2) is 7.88. The van der Waals surface area contributed by atoms with E-state index in [4.69, 9.17) is 16.3 Å². The van der Waals surface area contributed by atoms with E-state index in [-0.39, 0.29) is 5.91 Å². The number of carbonyl (C=O) groups is 1. The molecule has 0 aliphatic heterocycles. The molecule has 0 radical (unpaired) electrons. The molecule has 106 valence electrons. The summed E-state index contributed by atoms with van der Waals surface area (Å²) < 4.78 is 5.24. The molecule has 0 saturated heterocycles. The third-order valence-electron chi connectivity index (χ3n) is 2.98. The van der Waals surface area contributed by atoms with Gasteiger partial charge in [0.15, 0.2) is 0 Å². The van der Waals surface area contributed by atoms with Gasteiger partial charge in [0.25, 0.3) is 5.91 Å². The molecular weight excluding hydrogens is 274 g/mol. The summed E-state index contributed by atoms with van der Waals surface area (Å²) >= 11 is 5.50. The molecule has 0 saturated carbocycles. The van der Waals surface area contributed by atoms with Gasteiger partial charge in [0, 0.05) is 24.6 Å². The Kier molecular flexibility index (Phi) is 5.84. The van der Waals surface area contributed by atoms with Crippen molar-refractivity contribution in [1.29, 1.82) is 0 Å². The zero-order valence-corrected chi connectivity index (χ0v) is 12.0. The number of carbonyl (C=O) groups excluding carboxylic acids is 1. The number of alkyl halides is 1. The molecule has 2 aromatic rings. The number of benzene rings is 2. The number of ether oxygens (including phenoxy) is 1. The fraction of sp³-hybridized carbons (Fsp3) is 0.312. The first-order valence-electron chi connectivity index (χ1n) is 6.72. The number of nitrogens with one attached hydrogen (secondary N) is 1. The molecule has 0 aliphatic carbocycles. The molecule has 0 unspecified atom stereocenters. The van der Waals surface area contributed by atoms with E-state index in [0.29, 0.717) is 31.2 Å². The summed E-state index contributed by atoms with van der Waals surface area (Å²) in [6.45, 7) is 1.78. The van der Waals surface area contributed by atoms with Crippen molar-refractivity contribution in [2.24, 2.45) is 0 Å². The normalized spacial score (nSPS) is 10.7. The van der Waals surface area contributed by atoms with Crippen LogP contribution in [0, 0.1) is 0 Å². The number of hydrogen-bond donors (Lipinski definition) is 1. The first-order valence-corrected chi connectivity index (χ1v) is 7.25.